The van der Waals surface area contributed by atoms with Crippen molar-refractivity contribution in [3.8, 4) is 17.2 Å². The minimum absolute atomic E-state index is 0.0584. The third-order valence-electron chi connectivity index (χ3n) is 3.43. The molecule has 0 unspecified atom stereocenters. The van der Waals surface area contributed by atoms with Crippen molar-refractivity contribution < 1.29 is 13.9 Å². The van der Waals surface area contributed by atoms with E-state index in [0.29, 0.717) is 17.2 Å². The van der Waals surface area contributed by atoms with Gasteiger partial charge in [0.15, 0.2) is 0 Å². The van der Waals surface area contributed by atoms with Crippen molar-refractivity contribution in [3.05, 3.63) is 59.7 Å². The van der Waals surface area contributed by atoms with Crippen LogP contribution in [0.2, 0.25) is 0 Å². The molecule has 0 saturated heterocycles. The van der Waals surface area contributed by atoms with Crippen molar-refractivity contribution >= 4 is 11.9 Å². The highest BCUT2D eigenvalue weighted by Crippen LogP contribution is 2.21. The quantitative estimate of drug-likeness (QED) is 0.759. The number of hydrogen-bond acceptors (Lipinski definition) is 5. The number of carbonyl (C=O) groups is 1. The van der Waals surface area contributed by atoms with Crippen LogP contribution in [-0.4, -0.2) is 22.2 Å². The Morgan fingerprint density at radius 1 is 1.04 bits per heavy atom. The summed E-state index contributed by atoms with van der Waals surface area (Å²) in [6, 6.07) is 14.6. The monoisotopic (exact) mass is 337 g/mol. The van der Waals surface area contributed by atoms with Gasteiger partial charge in [-0.25, -0.2) is 0 Å². The minimum atomic E-state index is -0.324. The van der Waals surface area contributed by atoms with Crippen LogP contribution in [0.25, 0.3) is 11.5 Å². The molecule has 6 nitrogen and oxygen atoms in total. The lowest BCUT2D eigenvalue weighted by Gasteiger charge is -2.09. The smallest absolute Gasteiger partial charge is 0.322 e. The number of aromatic nitrogens is 2. The summed E-state index contributed by atoms with van der Waals surface area (Å²) in [7, 11) is 0. The Balaban J connectivity index is 1.68. The number of ether oxygens (including phenoxy) is 1. The molecule has 0 aliphatic heterocycles. The third kappa shape index (κ3) is 4.23. The first-order valence-corrected chi connectivity index (χ1v) is 8.00. The Labute approximate surface area is 145 Å². The topological polar surface area (TPSA) is 77.2 Å². The number of anilines is 1. The molecular weight excluding hydrogens is 318 g/mol. The first kappa shape index (κ1) is 16.7. The number of benzene rings is 2. The van der Waals surface area contributed by atoms with Crippen molar-refractivity contribution in [1.82, 2.24) is 10.2 Å². The summed E-state index contributed by atoms with van der Waals surface area (Å²) in [6.07, 6.45) is 0.0817. The van der Waals surface area contributed by atoms with Gasteiger partial charge in [-0.3, -0.25) is 10.1 Å². The third-order valence-corrected chi connectivity index (χ3v) is 3.43. The van der Waals surface area contributed by atoms with Crippen LogP contribution in [0.4, 0.5) is 6.01 Å². The van der Waals surface area contributed by atoms with Gasteiger partial charge in [0.05, 0.1) is 6.10 Å². The summed E-state index contributed by atoms with van der Waals surface area (Å²) < 4.78 is 11.1. The van der Waals surface area contributed by atoms with Crippen molar-refractivity contribution in [3.63, 3.8) is 0 Å². The Bertz CT molecular complexity index is 852. The molecule has 0 bridgehead atoms. The van der Waals surface area contributed by atoms with Gasteiger partial charge in [-0.2, -0.15) is 0 Å². The maximum Gasteiger partial charge on any atom is 0.322 e. The Morgan fingerprint density at radius 2 is 1.72 bits per heavy atom. The lowest BCUT2D eigenvalue weighted by molar-refractivity contribution is 0.102. The molecule has 0 aliphatic carbocycles. The zero-order chi connectivity index (χ0) is 17.8. The van der Waals surface area contributed by atoms with Crippen LogP contribution in [0, 0.1) is 6.92 Å². The van der Waals surface area contributed by atoms with Crippen LogP contribution < -0.4 is 10.1 Å². The Kier molecular flexibility index (Phi) is 4.79. The zero-order valence-electron chi connectivity index (χ0n) is 14.3. The van der Waals surface area contributed by atoms with E-state index in [4.69, 9.17) is 9.15 Å². The molecule has 0 radical (unpaired) electrons. The largest absolute Gasteiger partial charge is 0.491 e. The van der Waals surface area contributed by atoms with Crippen LogP contribution in [0.3, 0.4) is 0 Å². The zero-order valence-corrected chi connectivity index (χ0v) is 14.3. The maximum atomic E-state index is 12.3. The molecule has 6 heteroatoms. The van der Waals surface area contributed by atoms with Crippen LogP contribution in [0.1, 0.15) is 29.8 Å². The molecule has 3 aromatic rings. The standard InChI is InChI=1S/C19H19N3O3/c1-12(2)24-16-10-8-14(9-11-16)17(23)20-19-22-21-18(25-19)15-6-4-13(3)5-7-15/h4-12H,1-3H3,(H,20,22,23). The first-order valence-electron chi connectivity index (χ1n) is 8.00. The number of rotatable bonds is 5. The molecule has 1 heterocycles. The number of hydrogen-bond donors (Lipinski definition) is 1. The predicted octanol–water partition coefficient (Wildman–Crippen LogP) is 4.08. The highest BCUT2D eigenvalue weighted by atomic mass is 16.5. The molecule has 1 amide bonds. The second-order valence-corrected chi connectivity index (χ2v) is 5.92. The number of aryl methyl sites for hydroxylation is 1. The van der Waals surface area contributed by atoms with Crippen LogP contribution in [-0.2, 0) is 0 Å². The highest BCUT2D eigenvalue weighted by molar-refractivity contribution is 6.03. The van der Waals surface area contributed by atoms with Gasteiger partial charge in [0.25, 0.3) is 5.91 Å². The maximum absolute atomic E-state index is 12.3. The van der Waals surface area contributed by atoms with Gasteiger partial charge in [0, 0.05) is 11.1 Å². The average molecular weight is 337 g/mol. The lowest BCUT2D eigenvalue weighted by Crippen LogP contribution is -2.12. The number of amides is 1. The van der Waals surface area contributed by atoms with Gasteiger partial charge in [-0.1, -0.05) is 22.8 Å². The van der Waals surface area contributed by atoms with Gasteiger partial charge < -0.3 is 9.15 Å². The SMILES string of the molecule is Cc1ccc(-c2nnc(NC(=O)c3ccc(OC(C)C)cc3)o2)cc1. The average Bonchev–Trinajstić information content (AvgIpc) is 3.04. The van der Waals surface area contributed by atoms with E-state index in [-0.39, 0.29) is 18.0 Å². The second-order valence-electron chi connectivity index (χ2n) is 5.92. The Hall–Kier alpha value is -3.15. The second kappa shape index (κ2) is 7.17. The predicted molar refractivity (Wildman–Crippen MR) is 94.6 cm³/mol. The lowest BCUT2D eigenvalue weighted by atomic mass is 10.1. The summed E-state index contributed by atoms with van der Waals surface area (Å²) in [4.78, 5) is 12.3. The van der Waals surface area contributed by atoms with Crippen molar-refractivity contribution in [1.29, 1.82) is 0 Å². The van der Waals surface area contributed by atoms with E-state index in [1.807, 2.05) is 45.0 Å². The van der Waals surface area contributed by atoms with E-state index in [1.54, 1.807) is 24.3 Å². The molecule has 1 N–H and O–H groups in total. The fourth-order valence-electron chi connectivity index (χ4n) is 2.21. The molecule has 25 heavy (non-hydrogen) atoms. The van der Waals surface area contributed by atoms with Crippen LogP contribution in [0.15, 0.2) is 52.9 Å². The fraction of sp³-hybridized carbons (Fsp3) is 0.211. The molecule has 0 aliphatic rings. The molecule has 0 atom stereocenters. The molecule has 128 valence electrons. The van der Waals surface area contributed by atoms with E-state index in [2.05, 4.69) is 15.5 Å². The molecule has 2 aromatic carbocycles. The summed E-state index contributed by atoms with van der Waals surface area (Å²) in [5, 5.41) is 10.4. The fourth-order valence-corrected chi connectivity index (χ4v) is 2.21. The summed E-state index contributed by atoms with van der Waals surface area (Å²) in [5.41, 5.74) is 2.42. The highest BCUT2D eigenvalue weighted by Gasteiger charge is 2.13. The van der Waals surface area contributed by atoms with E-state index >= 15 is 0 Å². The molecule has 0 spiro atoms. The molecule has 3 rings (SSSR count). The van der Waals surface area contributed by atoms with Crippen LogP contribution in [0.5, 0.6) is 5.75 Å². The number of nitrogens with zero attached hydrogens (tertiary/aromatic N) is 2. The molecule has 0 saturated carbocycles. The van der Waals surface area contributed by atoms with Crippen LogP contribution >= 0.6 is 0 Å². The summed E-state index contributed by atoms with van der Waals surface area (Å²) >= 11 is 0. The number of carbonyl (C=O) groups excluding carboxylic acids is 1. The molecule has 0 fully saturated rings. The van der Waals surface area contributed by atoms with Crippen molar-refractivity contribution in [2.24, 2.45) is 0 Å². The van der Waals surface area contributed by atoms with E-state index in [1.165, 1.54) is 0 Å². The van der Waals surface area contributed by atoms with E-state index < -0.39 is 0 Å². The van der Waals surface area contributed by atoms with Crippen molar-refractivity contribution in [2.45, 2.75) is 26.9 Å². The normalized spacial score (nSPS) is 10.7. The Morgan fingerprint density at radius 3 is 2.36 bits per heavy atom. The van der Waals surface area contributed by atoms with Gasteiger partial charge >= 0.3 is 6.01 Å². The van der Waals surface area contributed by atoms with Gasteiger partial charge in [-0.05, 0) is 57.2 Å². The number of nitrogens with one attached hydrogen (secondary N) is 1. The van der Waals surface area contributed by atoms with E-state index in [0.717, 1.165) is 11.1 Å². The van der Waals surface area contributed by atoms with E-state index in [9.17, 15) is 4.79 Å². The van der Waals surface area contributed by atoms with Gasteiger partial charge in [0.1, 0.15) is 5.75 Å². The minimum Gasteiger partial charge on any atom is -0.491 e. The van der Waals surface area contributed by atoms with Gasteiger partial charge in [0.2, 0.25) is 5.89 Å². The van der Waals surface area contributed by atoms with Crippen molar-refractivity contribution in [2.75, 3.05) is 5.32 Å². The van der Waals surface area contributed by atoms with Gasteiger partial charge in [-0.15, -0.1) is 5.10 Å². The summed E-state index contributed by atoms with van der Waals surface area (Å²) in [6.45, 7) is 5.89. The first-order chi connectivity index (χ1) is 12.0. The molecule has 1 aromatic heterocycles. The summed E-state index contributed by atoms with van der Waals surface area (Å²) in [5.74, 6) is 0.747. The molecular formula is C19H19N3O3.